The van der Waals surface area contributed by atoms with Gasteiger partial charge in [-0.3, -0.25) is 0 Å². The van der Waals surface area contributed by atoms with Gasteiger partial charge in [0.05, 0.1) is 0 Å². The summed E-state index contributed by atoms with van der Waals surface area (Å²) in [4.78, 5) is 0. The molecule has 77 valence electrons. The Hall–Kier alpha value is -0.752. The van der Waals surface area contributed by atoms with Gasteiger partial charge in [0, 0.05) is 0 Å². The van der Waals surface area contributed by atoms with Crippen molar-refractivity contribution >= 4 is 31.5 Å². The Kier molecular flexibility index (Phi) is 3.16. The summed E-state index contributed by atoms with van der Waals surface area (Å²) in [6.45, 7) is 0. The van der Waals surface area contributed by atoms with Crippen LogP contribution in [0.15, 0.2) is 60.7 Å². The van der Waals surface area contributed by atoms with Crippen molar-refractivity contribution in [3.8, 4) is 0 Å². The van der Waals surface area contributed by atoms with Crippen molar-refractivity contribution in [2.45, 2.75) is 0 Å². The van der Waals surface area contributed by atoms with Gasteiger partial charge in [-0.15, -0.1) is 0 Å². The number of nitrogens with two attached hydrogens (primary N) is 1. The third-order valence-electron chi connectivity index (χ3n) is 2.26. The summed E-state index contributed by atoms with van der Waals surface area (Å²) in [5.74, 6) is 0. The molecule has 0 aliphatic carbocycles. The van der Waals surface area contributed by atoms with Crippen molar-refractivity contribution in [3.05, 3.63) is 60.7 Å². The first-order valence-corrected chi connectivity index (χ1v) is 10.1. The van der Waals surface area contributed by atoms with E-state index < -0.39 is 12.8 Å². The summed E-state index contributed by atoms with van der Waals surface area (Å²) in [6.07, 6.45) is 0. The van der Waals surface area contributed by atoms with Crippen LogP contribution >= 0.6 is 9.95 Å². The van der Waals surface area contributed by atoms with Crippen molar-refractivity contribution in [2.75, 3.05) is 0 Å². The van der Waals surface area contributed by atoms with Gasteiger partial charge in [0.15, 0.2) is 0 Å². The first kappa shape index (κ1) is 10.8. The van der Waals surface area contributed by atoms with E-state index in [0.717, 1.165) is 8.70 Å². The molecule has 0 amide bonds. The maximum absolute atomic E-state index is 6.54. The molecule has 0 unspecified atom stereocenters. The molecule has 0 saturated carbocycles. The van der Waals surface area contributed by atoms with Crippen LogP contribution in [0, 0.1) is 0 Å². The van der Waals surface area contributed by atoms with Crippen LogP contribution in [0.3, 0.4) is 0 Å². The Labute approximate surface area is 96.7 Å². The average Bonchev–Trinajstić information content (AvgIpc) is 2.31. The summed E-state index contributed by atoms with van der Waals surface area (Å²) in [7, 11) is 6.54. The van der Waals surface area contributed by atoms with E-state index in [4.69, 9.17) is 14.6 Å². The molecule has 0 fully saturated rings. The van der Waals surface area contributed by atoms with E-state index in [1.807, 2.05) is 60.7 Å². The Bertz CT molecular complexity index is 386. The van der Waals surface area contributed by atoms with Gasteiger partial charge in [0.1, 0.15) is 0 Å². The number of halogens is 1. The van der Waals surface area contributed by atoms with Gasteiger partial charge in [-0.05, 0) is 0 Å². The van der Waals surface area contributed by atoms with Gasteiger partial charge in [-0.25, -0.2) is 0 Å². The Morgan fingerprint density at radius 3 is 1.40 bits per heavy atom. The fourth-order valence-electron chi connectivity index (χ4n) is 1.44. The van der Waals surface area contributed by atoms with E-state index >= 15 is 0 Å². The van der Waals surface area contributed by atoms with E-state index in [-0.39, 0.29) is 0 Å². The van der Waals surface area contributed by atoms with Crippen molar-refractivity contribution in [1.29, 1.82) is 0 Å². The van der Waals surface area contributed by atoms with Crippen LogP contribution in [-0.4, -0.2) is 12.8 Å². The average molecular weight is 281 g/mol. The molecule has 0 atom stereocenters. The van der Waals surface area contributed by atoms with E-state index in [9.17, 15) is 0 Å². The minimum atomic E-state index is -2.85. The van der Waals surface area contributed by atoms with Crippen LogP contribution in [0.4, 0.5) is 0 Å². The third-order valence-corrected chi connectivity index (χ3v) is 8.70. The van der Waals surface area contributed by atoms with Crippen molar-refractivity contribution in [3.63, 3.8) is 0 Å². The number of hydrogen-bond donors (Lipinski definition) is 1. The summed E-state index contributed by atoms with van der Waals surface area (Å²) >= 11 is -2.85. The molecule has 0 aromatic heterocycles. The molecule has 15 heavy (non-hydrogen) atoms. The molecule has 0 aliphatic rings. The zero-order valence-electron chi connectivity index (χ0n) is 8.18. The molecular weight excluding hydrogens is 269 g/mol. The summed E-state index contributed by atoms with van der Waals surface area (Å²) in [6, 6.07) is 19.9. The number of rotatable bonds is 2. The van der Waals surface area contributed by atoms with Crippen LogP contribution in [0.25, 0.3) is 0 Å². The van der Waals surface area contributed by atoms with Gasteiger partial charge in [0.2, 0.25) is 0 Å². The topological polar surface area (TPSA) is 26.0 Å². The predicted molar refractivity (Wildman–Crippen MR) is 67.9 cm³/mol. The fourth-order valence-corrected chi connectivity index (χ4v) is 5.78. The van der Waals surface area contributed by atoms with E-state index in [0.29, 0.717) is 0 Å². The molecule has 1 radical (unpaired) electrons. The van der Waals surface area contributed by atoms with Gasteiger partial charge in [-0.1, -0.05) is 0 Å². The molecule has 1 nitrogen and oxygen atoms in total. The van der Waals surface area contributed by atoms with Crippen molar-refractivity contribution in [2.24, 2.45) is 4.65 Å². The fraction of sp³-hybridized carbons (Fsp3) is 0. The zero-order valence-corrected chi connectivity index (χ0v) is 10.8. The van der Waals surface area contributed by atoms with Gasteiger partial charge in [-0.2, -0.15) is 0 Å². The van der Waals surface area contributed by atoms with Crippen LogP contribution < -0.4 is 13.4 Å². The molecule has 0 bridgehead atoms. The van der Waals surface area contributed by atoms with Crippen molar-refractivity contribution < 1.29 is 0 Å². The molecule has 3 heteroatoms. The van der Waals surface area contributed by atoms with Crippen LogP contribution in [0.1, 0.15) is 0 Å². The molecule has 2 aromatic rings. The Morgan fingerprint density at radius 2 is 1.07 bits per heavy atom. The maximum atomic E-state index is 6.54. The molecule has 0 saturated heterocycles. The van der Waals surface area contributed by atoms with E-state index in [2.05, 4.69) is 0 Å². The van der Waals surface area contributed by atoms with Crippen LogP contribution in [-0.2, 0) is 0 Å². The second kappa shape index (κ2) is 4.40. The molecule has 0 spiro atoms. The van der Waals surface area contributed by atoms with Gasteiger partial charge in [0.25, 0.3) is 0 Å². The summed E-state index contributed by atoms with van der Waals surface area (Å²) in [5.41, 5.74) is 0. The first-order valence-electron chi connectivity index (χ1n) is 4.70. The second-order valence-electron chi connectivity index (χ2n) is 3.31. The van der Waals surface area contributed by atoms with Gasteiger partial charge >= 0.3 is 96.8 Å². The van der Waals surface area contributed by atoms with Crippen LogP contribution in [0.2, 0.25) is 0 Å². The molecule has 2 N–H and O–H groups in total. The quantitative estimate of drug-likeness (QED) is 0.828. The predicted octanol–water partition coefficient (Wildman–Crippen LogP) is 1.44. The Balaban J connectivity index is 2.44. The van der Waals surface area contributed by atoms with E-state index in [1.165, 1.54) is 0 Å². The molecular formula is C12H12AsClN. The van der Waals surface area contributed by atoms with Crippen LogP contribution in [0.5, 0.6) is 0 Å². The second-order valence-corrected chi connectivity index (χ2v) is 10.9. The monoisotopic (exact) mass is 280 g/mol. The summed E-state index contributed by atoms with van der Waals surface area (Å²) in [5, 5.41) is 0. The molecule has 2 rings (SSSR count). The number of benzene rings is 2. The molecule has 0 aliphatic heterocycles. The first-order chi connectivity index (χ1) is 7.21. The molecule has 2 aromatic carbocycles. The SMILES string of the molecule is N[As](Cl)(c1ccccc1)c1ccccc1. The van der Waals surface area contributed by atoms with E-state index in [1.54, 1.807) is 0 Å². The summed E-state index contributed by atoms with van der Waals surface area (Å²) < 4.78 is 8.44. The Morgan fingerprint density at radius 1 is 0.733 bits per heavy atom. The minimum absolute atomic E-state index is 1.07. The number of hydrogen-bond acceptors (Lipinski definition) is 1. The molecule has 0 heterocycles. The zero-order chi connectivity index (χ0) is 10.7. The normalized spacial score (nSPS) is 11.3. The third kappa shape index (κ3) is 2.26. The van der Waals surface area contributed by atoms with Crippen molar-refractivity contribution in [1.82, 2.24) is 0 Å². The van der Waals surface area contributed by atoms with Gasteiger partial charge < -0.3 is 0 Å². The standard InChI is InChI=1S/C12H12AsClN/c14-13(15,11-7-3-1-4-8-11)12-9-5-2-6-10-12/h1-10H,15H2.